The van der Waals surface area contributed by atoms with Crippen molar-refractivity contribution in [1.82, 2.24) is 10.2 Å². The number of rotatable bonds is 5. The predicted molar refractivity (Wildman–Crippen MR) is 104 cm³/mol. The highest BCUT2D eigenvalue weighted by atomic mass is 35.5. The van der Waals surface area contributed by atoms with E-state index >= 15 is 0 Å². The smallest absolute Gasteiger partial charge is 0.255 e. The van der Waals surface area contributed by atoms with Gasteiger partial charge in [-0.1, -0.05) is 48.0 Å². The van der Waals surface area contributed by atoms with Gasteiger partial charge in [-0.25, -0.2) is 0 Å². The Hall–Kier alpha value is -1.84. The largest absolute Gasteiger partial charge is 0.339 e. The molecular formula is C21H25ClN2O. The standard InChI is InChI=1S/C21H25ClN2O/c1-23-12-9-16-10-13-24(14-11-16)21(25)19-15-18(7-8-20(19)22)17-5-3-2-4-6-17/h2-8,15-16,23H,9-14H2,1H3. The molecule has 3 rings (SSSR count). The molecule has 2 aromatic rings. The number of benzene rings is 2. The Morgan fingerprint density at radius 2 is 1.84 bits per heavy atom. The van der Waals surface area contributed by atoms with Crippen LogP contribution in [0.3, 0.4) is 0 Å². The lowest BCUT2D eigenvalue weighted by Gasteiger charge is -2.32. The molecule has 4 heteroatoms. The fraction of sp³-hybridized carbons (Fsp3) is 0.381. The lowest BCUT2D eigenvalue weighted by Crippen LogP contribution is -2.39. The van der Waals surface area contributed by atoms with Crippen LogP contribution in [0.25, 0.3) is 11.1 Å². The first-order chi connectivity index (χ1) is 12.2. The van der Waals surface area contributed by atoms with Gasteiger partial charge >= 0.3 is 0 Å². The van der Waals surface area contributed by atoms with Crippen LogP contribution >= 0.6 is 11.6 Å². The van der Waals surface area contributed by atoms with Gasteiger partial charge in [0.1, 0.15) is 0 Å². The Labute approximate surface area is 155 Å². The highest BCUT2D eigenvalue weighted by Crippen LogP contribution is 2.28. The maximum Gasteiger partial charge on any atom is 0.255 e. The van der Waals surface area contributed by atoms with Crippen molar-refractivity contribution in [3.8, 4) is 11.1 Å². The second-order valence-electron chi connectivity index (χ2n) is 6.69. The maximum absolute atomic E-state index is 13.0. The molecule has 1 fully saturated rings. The summed E-state index contributed by atoms with van der Waals surface area (Å²) in [6.07, 6.45) is 3.33. The molecule has 1 N–H and O–H groups in total. The number of nitrogens with zero attached hydrogens (tertiary/aromatic N) is 1. The van der Waals surface area contributed by atoms with Crippen LogP contribution in [0.15, 0.2) is 48.5 Å². The first-order valence-electron chi connectivity index (χ1n) is 8.98. The molecule has 1 aliphatic heterocycles. The third-order valence-electron chi connectivity index (χ3n) is 5.01. The van der Waals surface area contributed by atoms with Gasteiger partial charge in [0, 0.05) is 13.1 Å². The van der Waals surface area contributed by atoms with Gasteiger partial charge in [-0.15, -0.1) is 0 Å². The number of hydrogen-bond donors (Lipinski definition) is 1. The summed E-state index contributed by atoms with van der Waals surface area (Å²) >= 11 is 6.34. The van der Waals surface area contributed by atoms with Crippen molar-refractivity contribution in [2.75, 3.05) is 26.7 Å². The zero-order chi connectivity index (χ0) is 17.6. The normalized spacial score (nSPS) is 15.4. The third kappa shape index (κ3) is 4.42. The molecule has 0 saturated carbocycles. The lowest BCUT2D eigenvalue weighted by atomic mass is 9.93. The van der Waals surface area contributed by atoms with E-state index in [1.165, 1.54) is 6.42 Å². The van der Waals surface area contributed by atoms with Crippen molar-refractivity contribution >= 4 is 17.5 Å². The zero-order valence-corrected chi connectivity index (χ0v) is 15.4. The van der Waals surface area contributed by atoms with Crippen molar-refractivity contribution < 1.29 is 4.79 Å². The van der Waals surface area contributed by atoms with Gasteiger partial charge in [0.25, 0.3) is 5.91 Å². The van der Waals surface area contributed by atoms with Gasteiger partial charge in [0.05, 0.1) is 10.6 Å². The van der Waals surface area contributed by atoms with Gasteiger partial charge in [-0.3, -0.25) is 4.79 Å². The molecule has 132 valence electrons. The molecule has 1 amide bonds. The van der Waals surface area contributed by atoms with Gasteiger partial charge in [0.15, 0.2) is 0 Å². The SMILES string of the molecule is CNCCC1CCN(C(=O)c2cc(-c3ccccc3)ccc2Cl)CC1. The molecule has 25 heavy (non-hydrogen) atoms. The molecule has 3 nitrogen and oxygen atoms in total. The number of halogens is 1. The Balaban J connectivity index is 1.72. The van der Waals surface area contributed by atoms with Gasteiger partial charge in [0.2, 0.25) is 0 Å². The van der Waals surface area contributed by atoms with Crippen LogP contribution in [0.4, 0.5) is 0 Å². The van der Waals surface area contributed by atoms with Crippen molar-refractivity contribution in [1.29, 1.82) is 0 Å². The highest BCUT2D eigenvalue weighted by Gasteiger charge is 2.24. The third-order valence-corrected chi connectivity index (χ3v) is 5.34. The van der Waals surface area contributed by atoms with E-state index in [1.807, 2.05) is 60.5 Å². The van der Waals surface area contributed by atoms with E-state index < -0.39 is 0 Å². The molecule has 0 bridgehead atoms. The first kappa shape index (κ1) is 18.0. The van der Waals surface area contributed by atoms with E-state index in [-0.39, 0.29) is 5.91 Å². The number of likely N-dealkylation sites (tertiary alicyclic amines) is 1. The molecule has 0 radical (unpaired) electrons. The minimum absolute atomic E-state index is 0.0508. The van der Waals surface area contributed by atoms with Crippen molar-refractivity contribution in [3.63, 3.8) is 0 Å². The topological polar surface area (TPSA) is 32.3 Å². The van der Waals surface area contributed by atoms with Crippen LogP contribution in [0.1, 0.15) is 29.6 Å². The monoisotopic (exact) mass is 356 g/mol. The second kappa shape index (κ2) is 8.50. The summed E-state index contributed by atoms with van der Waals surface area (Å²) < 4.78 is 0. The summed E-state index contributed by atoms with van der Waals surface area (Å²) in [6.45, 7) is 2.68. The summed E-state index contributed by atoms with van der Waals surface area (Å²) in [5.41, 5.74) is 2.73. The van der Waals surface area contributed by atoms with E-state index in [2.05, 4.69) is 5.32 Å². The first-order valence-corrected chi connectivity index (χ1v) is 9.35. The minimum atomic E-state index is 0.0508. The summed E-state index contributed by atoms with van der Waals surface area (Å²) in [5.74, 6) is 0.762. The zero-order valence-electron chi connectivity index (χ0n) is 14.7. The van der Waals surface area contributed by atoms with E-state index in [4.69, 9.17) is 11.6 Å². The number of nitrogens with one attached hydrogen (secondary N) is 1. The number of amides is 1. The Kier molecular flexibility index (Phi) is 6.11. The van der Waals surface area contributed by atoms with E-state index in [9.17, 15) is 4.79 Å². The average molecular weight is 357 g/mol. The molecule has 1 saturated heterocycles. The van der Waals surface area contributed by atoms with Gasteiger partial charge in [-0.2, -0.15) is 0 Å². The number of hydrogen-bond acceptors (Lipinski definition) is 2. The van der Waals surface area contributed by atoms with Crippen LogP contribution in [0, 0.1) is 5.92 Å². The maximum atomic E-state index is 13.0. The molecule has 1 heterocycles. The number of carbonyl (C=O) groups is 1. The highest BCUT2D eigenvalue weighted by molar-refractivity contribution is 6.34. The minimum Gasteiger partial charge on any atom is -0.339 e. The summed E-state index contributed by atoms with van der Waals surface area (Å²) in [7, 11) is 1.99. The van der Waals surface area contributed by atoms with E-state index in [0.717, 1.165) is 43.6 Å². The lowest BCUT2D eigenvalue weighted by molar-refractivity contribution is 0.0687. The van der Waals surface area contributed by atoms with Crippen molar-refractivity contribution in [2.24, 2.45) is 5.92 Å². The average Bonchev–Trinajstić information content (AvgIpc) is 2.67. The number of carbonyl (C=O) groups excluding carboxylic acids is 1. The van der Waals surface area contributed by atoms with E-state index in [1.54, 1.807) is 0 Å². The molecule has 0 aliphatic carbocycles. The summed E-state index contributed by atoms with van der Waals surface area (Å²) in [6, 6.07) is 15.8. The van der Waals surface area contributed by atoms with E-state index in [0.29, 0.717) is 16.5 Å². The Morgan fingerprint density at radius 3 is 2.52 bits per heavy atom. The predicted octanol–water partition coefficient (Wildman–Crippen LogP) is 4.47. The molecule has 0 atom stereocenters. The summed E-state index contributed by atoms with van der Waals surface area (Å²) in [5, 5.41) is 3.74. The van der Waals surface area contributed by atoms with Crippen molar-refractivity contribution in [2.45, 2.75) is 19.3 Å². The van der Waals surface area contributed by atoms with Crippen LogP contribution in [-0.2, 0) is 0 Å². The Bertz CT molecular complexity index is 709. The van der Waals surface area contributed by atoms with Crippen LogP contribution in [0.5, 0.6) is 0 Å². The van der Waals surface area contributed by atoms with Crippen molar-refractivity contribution in [3.05, 3.63) is 59.1 Å². The fourth-order valence-corrected chi connectivity index (χ4v) is 3.64. The fourth-order valence-electron chi connectivity index (χ4n) is 3.44. The molecule has 0 unspecified atom stereocenters. The quantitative estimate of drug-likeness (QED) is 0.857. The molecule has 2 aromatic carbocycles. The second-order valence-corrected chi connectivity index (χ2v) is 7.10. The van der Waals surface area contributed by atoms with Gasteiger partial charge < -0.3 is 10.2 Å². The van der Waals surface area contributed by atoms with Gasteiger partial charge in [-0.05, 0) is 62.0 Å². The molecule has 0 aromatic heterocycles. The molecule has 1 aliphatic rings. The number of piperidine rings is 1. The molecular weight excluding hydrogens is 332 g/mol. The Morgan fingerprint density at radius 1 is 1.12 bits per heavy atom. The van der Waals surface area contributed by atoms with Crippen LogP contribution in [0.2, 0.25) is 5.02 Å². The van der Waals surface area contributed by atoms with Crippen LogP contribution in [-0.4, -0.2) is 37.5 Å². The summed E-state index contributed by atoms with van der Waals surface area (Å²) in [4.78, 5) is 14.9. The molecule has 0 spiro atoms. The van der Waals surface area contributed by atoms with Crippen LogP contribution < -0.4 is 5.32 Å².